The average molecular weight is 373 g/mol. The number of aromatic nitrogens is 6. The summed E-state index contributed by atoms with van der Waals surface area (Å²) in [6.45, 7) is 4.00. The summed E-state index contributed by atoms with van der Waals surface area (Å²) in [5, 5.41) is 19.2. The summed E-state index contributed by atoms with van der Waals surface area (Å²) in [6, 6.07) is 9.33. The van der Waals surface area contributed by atoms with Gasteiger partial charge in [-0.2, -0.15) is 9.78 Å². The number of nitrogens with one attached hydrogen (secondary N) is 1. The van der Waals surface area contributed by atoms with Crippen LogP contribution in [0.4, 0.5) is 5.82 Å². The van der Waals surface area contributed by atoms with Crippen LogP contribution in [0.1, 0.15) is 19.9 Å². The molecule has 0 atom stereocenters. The Labute approximate surface area is 154 Å². The van der Waals surface area contributed by atoms with E-state index in [1.807, 2.05) is 38.1 Å². The lowest BCUT2D eigenvalue weighted by atomic mass is 10.3. The van der Waals surface area contributed by atoms with Gasteiger partial charge < -0.3 is 10.1 Å². The van der Waals surface area contributed by atoms with Crippen molar-refractivity contribution in [1.29, 1.82) is 0 Å². The maximum absolute atomic E-state index is 12.3. The van der Waals surface area contributed by atoms with Gasteiger partial charge in [-0.1, -0.05) is 23.9 Å². The first-order chi connectivity index (χ1) is 12.6. The number of benzene rings is 1. The van der Waals surface area contributed by atoms with Gasteiger partial charge in [0, 0.05) is 12.1 Å². The van der Waals surface area contributed by atoms with Crippen LogP contribution in [0.3, 0.4) is 0 Å². The molecule has 0 bridgehead atoms. The van der Waals surface area contributed by atoms with Gasteiger partial charge in [0.1, 0.15) is 17.3 Å². The van der Waals surface area contributed by atoms with E-state index in [9.17, 15) is 4.79 Å². The number of carbonyl (C=O) groups excluding carboxylic acids is 1. The van der Waals surface area contributed by atoms with Gasteiger partial charge >= 0.3 is 0 Å². The molecular weight excluding hydrogens is 354 g/mol. The maximum Gasteiger partial charge on any atom is 0.235 e. The predicted octanol–water partition coefficient (Wildman–Crippen LogP) is 2.18. The number of rotatable bonds is 7. The van der Waals surface area contributed by atoms with Gasteiger partial charge in [0.2, 0.25) is 11.1 Å². The van der Waals surface area contributed by atoms with E-state index >= 15 is 0 Å². The van der Waals surface area contributed by atoms with Gasteiger partial charge in [-0.3, -0.25) is 4.79 Å². The number of thioether (sulfide) groups is 1. The molecule has 0 spiro atoms. The van der Waals surface area contributed by atoms with Crippen molar-refractivity contribution in [1.82, 2.24) is 30.0 Å². The van der Waals surface area contributed by atoms with E-state index in [-0.39, 0.29) is 17.7 Å². The van der Waals surface area contributed by atoms with Crippen molar-refractivity contribution in [3.63, 3.8) is 0 Å². The Balaban J connectivity index is 1.68. The van der Waals surface area contributed by atoms with E-state index in [4.69, 9.17) is 4.74 Å². The second kappa shape index (κ2) is 8.00. The van der Waals surface area contributed by atoms with Crippen LogP contribution in [0, 0.1) is 0 Å². The third-order valence-electron chi connectivity index (χ3n) is 3.51. The Hall–Kier alpha value is -2.88. The number of anilines is 1. The van der Waals surface area contributed by atoms with E-state index in [0.29, 0.717) is 22.4 Å². The van der Waals surface area contributed by atoms with Crippen LogP contribution in [0.15, 0.2) is 41.7 Å². The van der Waals surface area contributed by atoms with Crippen LogP contribution in [0.2, 0.25) is 0 Å². The molecule has 3 rings (SSSR count). The number of nitrogens with zero attached hydrogens (tertiary/aromatic N) is 6. The SMILES string of the molecule is COc1ccccc1-n1nnnc1SCC(=O)Nc1ccnn1C(C)C. The standard InChI is InChI=1S/C16H19N7O2S/c1-11(2)22-14(8-9-17-22)18-15(24)10-26-16-19-20-21-23(16)12-6-4-5-7-13(12)25-3/h4-9,11H,10H2,1-3H3,(H,18,24). The summed E-state index contributed by atoms with van der Waals surface area (Å²) in [7, 11) is 1.58. The molecule has 9 nitrogen and oxygen atoms in total. The molecule has 0 unspecified atom stereocenters. The molecule has 26 heavy (non-hydrogen) atoms. The molecule has 0 aliphatic carbocycles. The second-order valence-corrected chi connectivity index (χ2v) is 6.58. The maximum atomic E-state index is 12.3. The summed E-state index contributed by atoms with van der Waals surface area (Å²) in [4.78, 5) is 12.3. The molecule has 1 amide bonds. The van der Waals surface area contributed by atoms with Gasteiger partial charge in [-0.15, -0.1) is 5.10 Å². The zero-order valence-electron chi connectivity index (χ0n) is 14.7. The lowest BCUT2D eigenvalue weighted by Crippen LogP contribution is -2.18. The highest BCUT2D eigenvalue weighted by Crippen LogP contribution is 2.25. The highest BCUT2D eigenvalue weighted by molar-refractivity contribution is 7.99. The van der Waals surface area contributed by atoms with E-state index < -0.39 is 0 Å². The normalized spacial score (nSPS) is 10.9. The first-order valence-corrected chi connectivity index (χ1v) is 8.96. The number of tetrazole rings is 1. The smallest absolute Gasteiger partial charge is 0.235 e. The Bertz CT molecular complexity index is 890. The number of para-hydroxylation sites is 2. The van der Waals surface area contributed by atoms with Gasteiger partial charge in [0.25, 0.3) is 0 Å². The first-order valence-electron chi connectivity index (χ1n) is 7.98. The summed E-state index contributed by atoms with van der Waals surface area (Å²) in [5.74, 6) is 1.31. The molecule has 3 aromatic rings. The highest BCUT2D eigenvalue weighted by atomic mass is 32.2. The van der Waals surface area contributed by atoms with Crippen LogP contribution < -0.4 is 10.1 Å². The van der Waals surface area contributed by atoms with E-state index in [1.54, 1.807) is 28.7 Å². The fourth-order valence-corrected chi connectivity index (χ4v) is 3.04. The number of amides is 1. The van der Waals surface area contributed by atoms with Crippen molar-refractivity contribution in [3.8, 4) is 11.4 Å². The average Bonchev–Trinajstić information content (AvgIpc) is 3.29. The van der Waals surface area contributed by atoms with E-state index in [2.05, 4.69) is 25.9 Å². The van der Waals surface area contributed by atoms with Crippen LogP contribution >= 0.6 is 11.8 Å². The third kappa shape index (κ3) is 3.85. The quantitative estimate of drug-likeness (QED) is 0.634. The molecule has 2 heterocycles. The molecule has 136 valence electrons. The van der Waals surface area contributed by atoms with Crippen LogP contribution in [-0.4, -0.2) is 48.8 Å². The van der Waals surface area contributed by atoms with Gasteiger partial charge in [-0.25, -0.2) is 4.68 Å². The van der Waals surface area contributed by atoms with Crippen LogP contribution in [0.25, 0.3) is 5.69 Å². The molecule has 1 N–H and O–H groups in total. The molecule has 0 aliphatic heterocycles. The fourth-order valence-electron chi connectivity index (χ4n) is 2.36. The molecule has 10 heteroatoms. The van der Waals surface area contributed by atoms with E-state index in [1.165, 1.54) is 11.8 Å². The van der Waals surface area contributed by atoms with Crippen LogP contribution in [0.5, 0.6) is 5.75 Å². The summed E-state index contributed by atoms with van der Waals surface area (Å²) < 4.78 is 8.64. The van der Waals surface area contributed by atoms with Crippen molar-refractivity contribution in [2.75, 3.05) is 18.2 Å². The van der Waals surface area contributed by atoms with Crippen molar-refractivity contribution in [2.45, 2.75) is 25.0 Å². The zero-order valence-corrected chi connectivity index (χ0v) is 15.5. The van der Waals surface area contributed by atoms with Crippen molar-refractivity contribution in [2.24, 2.45) is 0 Å². The van der Waals surface area contributed by atoms with Crippen molar-refractivity contribution >= 4 is 23.5 Å². The minimum absolute atomic E-state index is 0.158. The molecule has 1 aromatic carbocycles. The second-order valence-electron chi connectivity index (χ2n) is 5.64. The molecule has 0 saturated carbocycles. The first kappa shape index (κ1) is 17.9. The van der Waals surface area contributed by atoms with Gasteiger partial charge in [0.05, 0.1) is 19.1 Å². The summed E-state index contributed by atoms with van der Waals surface area (Å²) in [6.07, 6.45) is 1.66. The Morgan fingerprint density at radius 2 is 2.12 bits per heavy atom. The Morgan fingerprint density at radius 3 is 2.88 bits per heavy atom. The number of methoxy groups -OCH3 is 1. The number of carbonyl (C=O) groups is 1. The molecule has 0 aliphatic rings. The zero-order chi connectivity index (χ0) is 18.5. The van der Waals surface area contributed by atoms with E-state index in [0.717, 1.165) is 0 Å². The largest absolute Gasteiger partial charge is 0.494 e. The van der Waals surface area contributed by atoms with Gasteiger partial charge in [-0.05, 0) is 36.4 Å². The monoisotopic (exact) mass is 373 g/mol. The minimum Gasteiger partial charge on any atom is -0.494 e. The molecule has 0 saturated heterocycles. The Morgan fingerprint density at radius 1 is 1.31 bits per heavy atom. The molecular formula is C16H19N7O2S. The molecule has 0 radical (unpaired) electrons. The summed E-state index contributed by atoms with van der Waals surface area (Å²) >= 11 is 1.24. The molecule has 0 fully saturated rings. The lowest BCUT2D eigenvalue weighted by molar-refractivity contribution is -0.113. The highest BCUT2D eigenvalue weighted by Gasteiger charge is 2.15. The number of ether oxygens (including phenoxy) is 1. The minimum atomic E-state index is -0.160. The number of hydrogen-bond acceptors (Lipinski definition) is 7. The number of hydrogen-bond donors (Lipinski definition) is 1. The molecule has 2 aromatic heterocycles. The fraction of sp³-hybridized carbons (Fsp3) is 0.312. The van der Waals surface area contributed by atoms with Crippen molar-refractivity contribution < 1.29 is 9.53 Å². The van der Waals surface area contributed by atoms with Crippen LogP contribution in [-0.2, 0) is 4.79 Å². The third-order valence-corrected chi connectivity index (χ3v) is 4.43. The predicted molar refractivity (Wildman–Crippen MR) is 97.7 cm³/mol. The van der Waals surface area contributed by atoms with Crippen molar-refractivity contribution in [3.05, 3.63) is 36.5 Å². The van der Waals surface area contributed by atoms with Gasteiger partial charge in [0.15, 0.2) is 0 Å². The lowest BCUT2D eigenvalue weighted by Gasteiger charge is -2.11. The topological polar surface area (TPSA) is 99.8 Å². The Kier molecular flexibility index (Phi) is 5.52. The summed E-state index contributed by atoms with van der Waals surface area (Å²) in [5.41, 5.74) is 0.709.